The Kier molecular flexibility index (Phi) is 5.15. The zero-order valence-electron chi connectivity index (χ0n) is 15.9. The molecule has 29 heavy (non-hydrogen) atoms. The highest BCUT2D eigenvalue weighted by molar-refractivity contribution is 6.36. The van der Waals surface area contributed by atoms with Crippen LogP contribution in [0.3, 0.4) is 0 Å². The highest BCUT2D eigenvalue weighted by Gasteiger charge is 2.23. The smallest absolute Gasteiger partial charge is 0.321 e. The molecule has 2 heterocycles. The van der Waals surface area contributed by atoms with E-state index in [1.807, 2.05) is 51.1 Å². The summed E-state index contributed by atoms with van der Waals surface area (Å²) in [5.74, 6) is 0. The van der Waals surface area contributed by atoms with Crippen molar-refractivity contribution in [1.82, 2.24) is 19.6 Å². The van der Waals surface area contributed by atoms with E-state index in [1.165, 1.54) is 6.33 Å². The third-order valence-corrected chi connectivity index (χ3v) is 4.91. The minimum absolute atomic E-state index is 0.342. The predicted molar refractivity (Wildman–Crippen MR) is 117 cm³/mol. The molecule has 4 rings (SSSR count). The van der Waals surface area contributed by atoms with Crippen LogP contribution in [0.4, 0.5) is 0 Å². The first-order valence-electron chi connectivity index (χ1n) is 8.87. The van der Waals surface area contributed by atoms with Crippen LogP contribution in [0.15, 0.2) is 48.8 Å². The van der Waals surface area contributed by atoms with Gasteiger partial charge in [0.1, 0.15) is 17.6 Å². The van der Waals surface area contributed by atoms with Gasteiger partial charge in [0.25, 0.3) is 0 Å². The van der Waals surface area contributed by atoms with E-state index in [2.05, 4.69) is 9.97 Å². The molecule has 4 aromatic rings. The molecule has 0 N–H and O–H groups in total. The lowest BCUT2D eigenvalue weighted by Crippen LogP contribution is -2.25. The molecule has 8 heteroatoms. The fraction of sp³-hybridized carbons (Fsp3) is 0.190. The minimum atomic E-state index is -0.453. The van der Waals surface area contributed by atoms with Gasteiger partial charge in [0.2, 0.25) is 0 Å². The Morgan fingerprint density at radius 1 is 0.897 bits per heavy atom. The number of benzene rings is 2. The maximum atomic E-state index is 6.50. The topological polar surface area (TPSA) is 52.3 Å². The van der Waals surface area contributed by atoms with Crippen molar-refractivity contribution in [1.29, 1.82) is 0 Å². The summed E-state index contributed by atoms with van der Waals surface area (Å²) in [6.45, 7) is 5.84. The second-order valence-corrected chi connectivity index (χ2v) is 8.74. The number of rotatable bonds is 3. The number of nitrogens with zero attached hydrogens (tertiary/aromatic N) is 4. The van der Waals surface area contributed by atoms with Crippen molar-refractivity contribution in [3.8, 4) is 28.4 Å². The number of hydrogen-bond acceptors (Lipinski definition) is 4. The summed E-state index contributed by atoms with van der Waals surface area (Å²) < 4.78 is 7.59. The van der Waals surface area contributed by atoms with E-state index in [4.69, 9.17) is 44.6 Å². The average molecular weight is 448 g/mol. The monoisotopic (exact) mass is 446 g/mol. The van der Waals surface area contributed by atoms with Gasteiger partial charge in [0.15, 0.2) is 5.65 Å². The van der Waals surface area contributed by atoms with Gasteiger partial charge in [-0.25, -0.2) is 4.98 Å². The van der Waals surface area contributed by atoms with E-state index < -0.39 is 5.60 Å². The van der Waals surface area contributed by atoms with E-state index in [-0.39, 0.29) is 0 Å². The molecule has 0 amide bonds. The lowest BCUT2D eigenvalue weighted by Gasteiger charge is -2.19. The maximum Gasteiger partial charge on any atom is 0.321 e. The Labute approximate surface area is 183 Å². The first-order chi connectivity index (χ1) is 13.7. The summed E-state index contributed by atoms with van der Waals surface area (Å²) >= 11 is 18.7. The summed E-state index contributed by atoms with van der Waals surface area (Å²) in [5.41, 5.74) is 3.22. The van der Waals surface area contributed by atoms with Crippen LogP contribution < -0.4 is 4.74 Å². The van der Waals surface area contributed by atoms with Crippen LogP contribution in [0.5, 0.6) is 6.01 Å². The second kappa shape index (κ2) is 7.48. The molecule has 2 aromatic carbocycles. The summed E-state index contributed by atoms with van der Waals surface area (Å²) in [5, 5.41) is 6.44. The van der Waals surface area contributed by atoms with Crippen LogP contribution >= 0.6 is 34.8 Å². The third kappa shape index (κ3) is 4.04. The molecule has 0 aliphatic carbocycles. The van der Waals surface area contributed by atoms with Crippen LogP contribution in [0.1, 0.15) is 20.8 Å². The van der Waals surface area contributed by atoms with E-state index in [0.29, 0.717) is 32.4 Å². The lowest BCUT2D eigenvalue weighted by atomic mass is 10.0. The summed E-state index contributed by atoms with van der Waals surface area (Å²) in [6, 6.07) is 13.1. The van der Waals surface area contributed by atoms with Crippen molar-refractivity contribution in [2.45, 2.75) is 26.4 Å². The Hall–Kier alpha value is -2.34. The van der Waals surface area contributed by atoms with Crippen molar-refractivity contribution < 1.29 is 4.74 Å². The molecule has 2 aromatic heterocycles. The quantitative estimate of drug-likeness (QED) is 0.355. The largest absolute Gasteiger partial charge is 0.458 e. The van der Waals surface area contributed by atoms with Gasteiger partial charge in [0, 0.05) is 15.6 Å². The first-order valence-corrected chi connectivity index (χ1v) is 10.0. The first kappa shape index (κ1) is 20.0. The van der Waals surface area contributed by atoms with Crippen molar-refractivity contribution in [3.05, 3.63) is 63.9 Å². The Balaban J connectivity index is 2.04. The molecule has 0 unspecified atom stereocenters. The number of hydrogen-bond donors (Lipinski definition) is 0. The number of halogens is 3. The van der Waals surface area contributed by atoms with Crippen LogP contribution in [0, 0.1) is 0 Å². The zero-order chi connectivity index (χ0) is 20.8. The minimum Gasteiger partial charge on any atom is -0.458 e. The van der Waals surface area contributed by atoms with Gasteiger partial charge in [-0.05, 0) is 56.7 Å². The van der Waals surface area contributed by atoms with Crippen LogP contribution in [-0.4, -0.2) is 25.2 Å². The maximum absolute atomic E-state index is 6.50. The highest BCUT2D eigenvalue weighted by atomic mass is 35.5. The van der Waals surface area contributed by atoms with Gasteiger partial charge in [0.05, 0.1) is 10.6 Å². The molecule has 0 atom stereocenters. The highest BCUT2D eigenvalue weighted by Crippen LogP contribution is 2.39. The fourth-order valence-corrected chi connectivity index (χ4v) is 3.57. The molecule has 0 bridgehead atoms. The van der Waals surface area contributed by atoms with E-state index >= 15 is 0 Å². The Morgan fingerprint density at radius 3 is 2.24 bits per heavy atom. The molecule has 0 saturated carbocycles. The molecular weight excluding hydrogens is 431 g/mol. The molecule has 0 radical (unpaired) electrons. The van der Waals surface area contributed by atoms with Crippen LogP contribution in [0.25, 0.3) is 28.0 Å². The summed E-state index contributed by atoms with van der Waals surface area (Å²) in [6.07, 6.45) is 1.46. The van der Waals surface area contributed by atoms with Gasteiger partial charge < -0.3 is 4.74 Å². The summed E-state index contributed by atoms with van der Waals surface area (Å²) in [4.78, 5) is 8.75. The van der Waals surface area contributed by atoms with Gasteiger partial charge in [-0.2, -0.15) is 14.6 Å². The molecule has 5 nitrogen and oxygen atoms in total. The van der Waals surface area contributed by atoms with Gasteiger partial charge in [-0.1, -0.05) is 46.9 Å². The second-order valence-electron chi connectivity index (χ2n) is 7.46. The number of fused-ring (bicyclic) bond motifs is 1. The van der Waals surface area contributed by atoms with Crippen LogP contribution in [0.2, 0.25) is 15.1 Å². The van der Waals surface area contributed by atoms with Crippen molar-refractivity contribution >= 4 is 40.4 Å². The van der Waals surface area contributed by atoms with E-state index in [1.54, 1.807) is 16.6 Å². The van der Waals surface area contributed by atoms with Gasteiger partial charge in [-0.3, -0.25) is 0 Å². The Bertz CT molecular complexity index is 1200. The standard InChI is InChI=1S/C21H17Cl3N4O/c1-21(2,3)29-20-26-11-25-19-17(12-4-6-13(22)7-5-12)18(27-28(19)20)15-9-8-14(23)10-16(15)24/h4-11H,1-3H3. The third-order valence-electron chi connectivity index (χ3n) is 4.11. The van der Waals surface area contributed by atoms with Crippen molar-refractivity contribution in [2.24, 2.45) is 0 Å². The molecule has 0 fully saturated rings. The van der Waals surface area contributed by atoms with Crippen molar-refractivity contribution in [2.75, 3.05) is 0 Å². The molecule has 0 saturated heterocycles. The molecule has 0 aliphatic rings. The predicted octanol–water partition coefficient (Wildman–Crippen LogP) is 6.60. The van der Waals surface area contributed by atoms with E-state index in [0.717, 1.165) is 16.7 Å². The fourth-order valence-electron chi connectivity index (χ4n) is 2.95. The number of aromatic nitrogens is 4. The molecule has 0 spiro atoms. The molecular formula is C21H17Cl3N4O. The van der Waals surface area contributed by atoms with Gasteiger partial charge >= 0.3 is 6.01 Å². The zero-order valence-corrected chi connectivity index (χ0v) is 18.2. The van der Waals surface area contributed by atoms with E-state index in [9.17, 15) is 0 Å². The SMILES string of the molecule is CC(C)(C)Oc1ncnc2c(-c3ccc(Cl)cc3)c(-c3ccc(Cl)cc3Cl)nn12. The molecule has 0 aliphatic heterocycles. The average Bonchev–Trinajstić information content (AvgIpc) is 3.01. The number of ether oxygens (including phenoxy) is 1. The molecule has 148 valence electrons. The lowest BCUT2D eigenvalue weighted by molar-refractivity contribution is 0.112. The summed E-state index contributed by atoms with van der Waals surface area (Å²) in [7, 11) is 0. The normalized spacial score (nSPS) is 11.8. The Morgan fingerprint density at radius 2 is 1.59 bits per heavy atom. The van der Waals surface area contributed by atoms with Crippen molar-refractivity contribution in [3.63, 3.8) is 0 Å². The van der Waals surface area contributed by atoms with Crippen LogP contribution in [-0.2, 0) is 0 Å². The van der Waals surface area contributed by atoms with Gasteiger partial charge in [-0.15, -0.1) is 0 Å².